The van der Waals surface area contributed by atoms with Crippen LogP contribution in [0.5, 0.6) is 11.5 Å². The van der Waals surface area contributed by atoms with Crippen LogP contribution >= 0.6 is 0 Å². The van der Waals surface area contributed by atoms with Crippen LogP contribution in [-0.2, 0) is 16.0 Å². The zero-order valence-corrected chi connectivity index (χ0v) is 17.3. The predicted molar refractivity (Wildman–Crippen MR) is 113 cm³/mol. The van der Waals surface area contributed by atoms with Gasteiger partial charge in [-0.05, 0) is 38.1 Å². The summed E-state index contributed by atoms with van der Waals surface area (Å²) in [6, 6.07) is 12.5. The van der Waals surface area contributed by atoms with Crippen LogP contribution in [0.1, 0.15) is 19.5 Å². The van der Waals surface area contributed by atoms with Crippen LogP contribution in [-0.4, -0.2) is 48.7 Å². The first-order valence-corrected chi connectivity index (χ1v) is 9.78. The van der Waals surface area contributed by atoms with Gasteiger partial charge in [0.15, 0.2) is 17.1 Å². The molecule has 0 spiro atoms. The van der Waals surface area contributed by atoms with E-state index in [0.717, 1.165) is 5.39 Å². The van der Waals surface area contributed by atoms with Gasteiger partial charge < -0.3 is 24.2 Å². The van der Waals surface area contributed by atoms with E-state index in [4.69, 9.17) is 14.0 Å². The zero-order valence-electron chi connectivity index (χ0n) is 17.3. The molecular weight excluding hydrogens is 386 g/mol. The smallest absolute Gasteiger partial charge is 0.243 e. The third kappa shape index (κ3) is 5.08. The highest BCUT2D eigenvalue weighted by Crippen LogP contribution is 2.30. The quantitative estimate of drug-likeness (QED) is 0.581. The average Bonchev–Trinajstić information content (AvgIpc) is 3.13. The minimum Gasteiger partial charge on any atom is -0.490 e. The maximum atomic E-state index is 12.5. The van der Waals surface area contributed by atoms with Crippen molar-refractivity contribution in [2.24, 2.45) is 0 Å². The Hall–Kier alpha value is -3.55. The largest absolute Gasteiger partial charge is 0.490 e. The predicted octanol–water partition coefficient (Wildman–Crippen LogP) is 3.26. The Labute approximate surface area is 174 Å². The Morgan fingerprint density at radius 1 is 1.07 bits per heavy atom. The lowest BCUT2D eigenvalue weighted by Gasteiger charge is -2.17. The summed E-state index contributed by atoms with van der Waals surface area (Å²) in [5.41, 5.74) is 1.74. The fraction of sp³-hybridized carbons (Fsp3) is 0.318. The number of hydrogen-bond acceptors (Lipinski definition) is 6. The molecule has 0 radical (unpaired) electrons. The van der Waals surface area contributed by atoms with Crippen molar-refractivity contribution < 1.29 is 23.6 Å². The number of rotatable bonds is 9. The summed E-state index contributed by atoms with van der Waals surface area (Å²) in [5, 5.41) is 7.54. The van der Waals surface area contributed by atoms with Crippen molar-refractivity contribution in [2.45, 2.75) is 20.3 Å². The van der Waals surface area contributed by atoms with E-state index in [9.17, 15) is 9.59 Å². The number of aromatic nitrogens is 1. The molecule has 1 heterocycles. The first-order valence-electron chi connectivity index (χ1n) is 9.78. The van der Waals surface area contributed by atoms with Gasteiger partial charge in [0.05, 0.1) is 26.2 Å². The lowest BCUT2D eigenvalue weighted by Crippen LogP contribution is -2.35. The Morgan fingerprint density at radius 2 is 1.80 bits per heavy atom. The van der Waals surface area contributed by atoms with Crippen LogP contribution in [0.25, 0.3) is 11.0 Å². The van der Waals surface area contributed by atoms with Gasteiger partial charge in [-0.3, -0.25) is 9.59 Å². The van der Waals surface area contributed by atoms with E-state index in [-0.39, 0.29) is 24.8 Å². The lowest BCUT2D eigenvalue weighted by atomic mass is 10.1. The summed E-state index contributed by atoms with van der Waals surface area (Å²) in [6.45, 7) is 4.66. The fourth-order valence-corrected chi connectivity index (χ4v) is 2.98. The summed E-state index contributed by atoms with van der Waals surface area (Å²) in [6.07, 6.45) is 0.0539. The maximum Gasteiger partial charge on any atom is 0.243 e. The summed E-state index contributed by atoms with van der Waals surface area (Å²) < 4.78 is 16.3. The van der Waals surface area contributed by atoms with Crippen molar-refractivity contribution in [3.8, 4) is 11.5 Å². The van der Waals surface area contributed by atoms with Crippen LogP contribution in [0, 0.1) is 0 Å². The number of carbonyl (C=O) groups is 2. The van der Waals surface area contributed by atoms with E-state index in [2.05, 4.69) is 10.5 Å². The number of hydrogen-bond donors (Lipinski definition) is 1. The third-order valence-corrected chi connectivity index (χ3v) is 4.40. The Balaban J connectivity index is 1.60. The summed E-state index contributed by atoms with van der Waals surface area (Å²) >= 11 is 0. The molecule has 2 aromatic carbocycles. The number of ether oxygens (including phenoxy) is 2. The molecule has 3 rings (SSSR count). The second-order valence-corrected chi connectivity index (χ2v) is 6.63. The highest BCUT2D eigenvalue weighted by molar-refractivity contribution is 5.95. The molecule has 0 aliphatic rings. The molecule has 8 nitrogen and oxygen atoms in total. The molecule has 30 heavy (non-hydrogen) atoms. The third-order valence-electron chi connectivity index (χ3n) is 4.40. The minimum absolute atomic E-state index is 0.0539. The fourth-order valence-electron chi connectivity index (χ4n) is 2.98. The lowest BCUT2D eigenvalue weighted by molar-refractivity contribution is -0.132. The molecule has 0 aliphatic heterocycles. The molecule has 1 aromatic heterocycles. The van der Waals surface area contributed by atoms with Crippen molar-refractivity contribution in [1.29, 1.82) is 0 Å². The van der Waals surface area contributed by atoms with Crippen molar-refractivity contribution in [2.75, 3.05) is 32.1 Å². The van der Waals surface area contributed by atoms with Crippen molar-refractivity contribution in [3.05, 3.63) is 48.2 Å². The summed E-state index contributed by atoms with van der Waals surface area (Å²) in [7, 11) is 1.58. The second kappa shape index (κ2) is 9.78. The Bertz CT molecular complexity index is 1030. The number of amides is 2. The summed E-state index contributed by atoms with van der Waals surface area (Å²) in [5.74, 6) is 0.623. The van der Waals surface area contributed by atoms with E-state index in [1.165, 1.54) is 4.90 Å². The molecule has 0 saturated carbocycles. The van der Waals surface area contributed by atoms with Gasteiger partial charge in [0.2, 0.25) is 11.8 Å². The highest BCUT2D eigenvalue weighted by Gasteiger charge is 2.18. The highest BCUT2D eigenvalue weighted by atomic mass is 16.5. The molecule has 0 fully saturated rings. The van der Waals surface area contributed by atoms with Gasteiger partial charge in [-0.1, -0.05) is 17.3 Å². The molecule has 3 aromatic rings. The number of carbonyl (C=O) groups excluding carboxylic acids is 2. The van der Waals surface area contributed by atoms with Gasteiger partial charge in [0, 0.05) is 24.2 Å². The maximum absolute atomic E-state index is 12.5. The molecule has 1 N–H and O–H groups in total. The van der Waals surface area contributed by atoms with E-state index in [1.54, 1.807) is 31.3 Å². The monoisotopic (exact) mass is 411 g/mol. The van der Waals surface area contributed by atoms with Crippen molar-refractivity contribution in [1.82, 2.24) is 10.1 Å². The molecule has 0 atom stereocenters. The molecule has 0 aliphatic carbocycles. The first-order chi connectivity index (χ1) is 14.5. The number of para-hydroxylation sites is 1. The van der Waals surface area contributed by atoms with Crippen LogP contribution in [0.15, 0.2) is 47.0 Å². The van der Waals surface area contributed by atoms with Crippen LogP contribution in [0.4, 0.5) is 5.69 Å². The van der Waals surface area contributed by atoms with E-state index < -0.39 is 0 Å². The van der Waals surface area contributed by atoms with E-state index in [0.29, 0.717) is 41.7 Å². The van der Waals surface area contributed by atoms with Gasteiger partial charge in [-0.2, -0.15) is 0 Å². The van der Waals surface area contributed by atoms with E-state index >= 15 is 0 Å². The Morgan fingerprint density at radius 3 is 2.57 bits per heavy atom. The first kappa shape index (κ1) is 21.2. The normalized spacial score (nSPS) is 10.6. The number of fused-ring (bicyclic) bond motifs is 1. The molecule has 0 unspecified atom stereocenters. The van der Waals surface area contributed by atoms with Crippen molar-refractivity contribution >= 4 is 28.5 Å². The second-order valence-electron chi connectivity index (χ2n) is 6.63. The van der Waals surface area contributed by atoms with Gasteiger partial charge in [-0.15, -0.1) is 0 Å². The number of nitrogens with one attached hydrogen (secondary N) is 1. The Kier molecular flexibility index (Phi) is 6.90. The molecule has 2 amide bonds. The molecular formula is C22H25N3O5. The SMILES string of the molecule is CCOc1ccc(NC(=O)CN(C)C(=O)Cc2noc3ccccc23)cc1OCC. The van der Waals surface area contributed by atoms with E-state index in [1.807, 2.05) is 32.0 Å². The van der Waals surface area contributed by atoms with Crippen LogP contribution < -0.4 is 14.8 Å². The molecule has 0 saturated heterocycles. The standard InChI is InChI=1S/C22H25N3O5/c1-4-28-19-11-10-15(12-20(19)29-5-2)23-21(26)14-25(3)22(27)13-17-16-8-6-7-9-18(16)30-24-17/h6-12H,4-5,13-14H2,1-3H3,(H,23,26). The molecule has 158 valence electrons. The number of benzene rings is 2. The van der Waals surface area contributed by atoms with Gasteiger partial charge in [0.25, 0.3) is 0 Å². The van der Waals surface area contributed by atoms with Crippen molar-refractivity contribution in [3.63, 3.8) is 0 Å². The zero-order chi connectivity index (χ0) is 21.5. The summed E-state index contributed by atoms with van der Waals surface area (Å²) in [4.78, 5) is 26.3. The van der Waals surface area contributed by atoms with Gasteiger partial charge in [0.1, 0.15) is 5.69 Å². The van der Waals surface area contributed by atoms with Crippen LogP contribution in [0.3, 0.4) is 0 Å². The number of anilines is 1. The molecule has 8 heteroatoms. The van der Waals surface area contributed by atoms with Crippen LogP contribution in [0.2, 0.25) is 0 Å². The van der Waals surface area contributed by atoms with Gasteiger partial charge in [-0.25, -0.2) is 0 Å². The van der Waals surface area contributed by atoms with Gasteiger partial charge >= 0.3 is 0 Å². The number of likely N-dealkylation sites (N-methyl/N-ethyl adjacent to an activating group) is 1. The topological polar surface area (TPSA) is 93.9 Å². The molecule has 0 bridgehead atoms. The average molecular weight is 411 g/mol. The minimum atomic E-state index is -0.317. The number of nitrogens with zero attached hydrogens (tertiary/aromatic N) is 2.